The molecule has 0 atom stereocenters. The first-order valence-corrected chi connectivity index (χ1v) is 8.21. The van der Waals surface area contributed by atoms with Crippen LogP contribution in [0, 0.1) is 11.3 Å². The molecule has 4 rings (SSSR count). The third kappa shape index (κ3) is 3.59. The van der Waals surface area contributed by atoms with Crippen molar-refractivity contribution in [2.24, 2.45) is 0 Å². The van der Waals surface area contributed by atoms with Gasteiger partial charge in [-0.25, -0.2) is 4.98 Å². The monoisotopic (exact) mass is 372 g/mol. The molecule has 5 N–H and O–H groups in total. The number of anilines is 1. The molecule has 0 spiro atoms. The lowest BCUT2D eigenvalue weighted by molar-refractivity contribution is -0.122. The lowest BCUT2D eigenvalue weighted by Crippen LogP contribution is -2.00. The van der Waals surface area contributed by atoms with Gasteiger partial charge in [-0.15, -0.1) is 0 Å². The van der Waals surface area contributed by atoms with Crippen molar-refractivity contribution in [2.75, 3.05) is 5.73 Å². The SMILES string of the molecule is N#Cc1c(-c2cn[nH]c2-c2ccccc2)cc(-c2ccc[nH]2)nc1N.O=CO. The van der Waals surface area contributed by atoms with Crippen LogP contribution in [0.1, 0.15) is 5.56 Å². The van der Waals surface area contributed by atoms with Crippen molar-refractivity contribution >= 4 is 12.3 Å². The smallest absolute Gasteiger partial charge is 0.290 e. The number of nitrogens with one attached hydrogen (secondary N) is 2. The minimum absolute atomic E-state index is 0.199. The van der Waals surface area contributed by atoms with Crippen molar-refractivity contribution in [3.8, 4) is 39.8 Å². The lowest BCUT2D eigenvalue weighted by Gasteiger charge is -2.10. The van der Waals surface area contributed by atoms with Gasteiger partial charge in [0, 0.05) is 22.9 Å². The van der Waals surface area contributed by atoms with Crippen LogP contribution in [-0.4, -0.2) is 31.7 Å². The molecule has 0 aliphatic carbocycles. The number of H-pyrrole nitrogens is 2. The molecular weight excluding hydrogens is 356 g/mol. The van der Waals surface area contributed by atoms with E-state index >= 15 is 0 Å². The predicted molar refractivity (Wildman–Crippen MR) is 105 cm³/mol. The lowest BCUT2D eigenvalue weighted by atomic mass is 9.97. The number of pyridine rings is 1. The third-order valence-electron chi connectivity index (χ3n) is 4.03. The Morgan fingerprint density at radius 2 is 1.89 bits per heavy atom. The van der Waals surface area contributed by atoms with Crippen LogP contribution in [0.3, 0.4) is 0 Å². The minimum atomic E-state index is -0.250. The zero-order valence-corrected chi connectivity index (χ0v) is 14.6. The van der Waals surface area contributed by atoms with Crippen LogP contribution >= 0.6 is 0 Å². The van der Waals surface area contributed by atoms with Gasteiger partial charge in [0.25, 0.3) is 6.47 Å². The summed E-state index contributed by atoms with van der Waals surface area (Å²) in [6.45, 7) is -0.250. The minimum Gasteiger partial charge on any atom is -0.483 e. The topological polar surface area (TPSA) is 144 Å². The van der Waals surface area contributed by atoms with Crippen LogP contribution in [-0.2, 0) is 4.79 Å². The Bertz CT molecular complexity index is 1110. The molecule has 0 fully saturated rings. The zero-order chi connectivity index (χ0) is 19.9. The van der Waals surface area contributed by atoms with Crippen molar-refractivity contribution in [3.05, 3.63) is 66.5 Å². The summed E-state index contributed by atoms with van der Waals surface area (Å²) in [5.74, 6) is 0.199. The number of aromatic nitrogens is 4. The Morgan fingerprint density at radius 1 is 1.14 bits per heavy atom. The number of nitriles is 1. The van der Waals surface area contributed by atoms with E-state index in [-0.39, 0.29) is 12.3 Å². The van der Waals surface area contributed by atoms with Gasteiger partial charge in [-0.1, -0.05) is 30.3 Å². The van der Waals surface area contributed by atoms with Crippen LogP contribution in [0.2, 0.25) is 0 Å². The van der Waals surface area contributed by atoms with Gasteiger partial charge >= 0.3 is 0 Å². The van der Waals surface area contributed by atoms with Gasteiger partial charge in [0.05, 0.1) is 23.3 Å². The fraction of sp³-hybridized carbons (Fsp3) is 0. The third-order valence-corrected chi connectivity index (χ3v) is 4.03. The molecule has 3 heterocycles. The summed E-state index contributed by atoms with van der Waals surface area (Å²) >= 11 is 0. The maximum Gasteiger partial charge on any atom is 0.290 e. The Hall–Kier alpha value is -4.38. The Balaban J connectivity index is 0.000000706. The summed E-state index contributed by atoms with van der Waals surface area (Å²) in [4.78, 5) is 15.8. The average molecular weight is 372 g/mol. The molecule has 0 unspecified atom stereocenters. The summed E-state index contributed by atoms with van der Waals surface area (Å²) < 4.78 is 0. The van der Waals surface area contributed by atoms with Gasteiger partial charge in [-0.3, -0.25) is 9.89 Å². The predicted octanol–water partition coefficient (Wildman–Crippen LogP) is 3.29. The fourth-order valence-electron chi connectivity index (χ4n) is 2.84. The highest BCUT2D eigenvalue weighted by Crippen LogP contribution is 2.35. The molecule has 0 amide bonds. The molecule has 4 aromatic rings. The van der Waals surface area contributed by atoms with E-state index in [0.717, 1.165) is 22.5 Å². The number of hydrogen-bond donors (Lipinski definition) is 4. The number of benzene rings is 1. The molecular formula is C20H16N6O2. The van der Waals surface area contributed by atoms with E-state index in [4.69, 9.17) is 15.6 Å². The molecule has 28 heavy (non-hydrogen) atoms. The summed E-state index contributed by atoms with van der Waals surface area (Å²) in [6.07, 6.45) is 3.52. The van der Waals surface area contributed by atoms with Crippen molar-refractivity contribution in [1.82, 2.24) is 20.2 Å². The number of hydrogen-bond acceptors (Lipinski definition) is 5. The largest absolute Gasteiger partial charge is 0.483 e. The van der Waals surface area contributed by atoms with Crippen LogP contribution in [0.4, 0.5) is 5.82 Å². The van der Waals surface area contributed by atoms with E-state index in [1.54, 1.807) is 6.20 Å². The maximum atomic E-state index is 9.57. The zero-order valence-electron chi connectivity index (χ0n) is 14.6. The van der Waals surface area contributed by atoms with Crippen molar-refractivity contribution in [3.63, 3.8) is 0 Å². The first kappa shape index (κ1) is 18.4. The van der Waals surface area contributed by atoms with Crippen LogP contribution in [0.5, 0.6) is 0 Å². The molecule has 0 aliphatic rings. The normalized spacial score (nSPS) is 9.82. The molecule has 3 aromatic heterocycles. The molecule has 1 aromatic carbocycles. The molecule has 0 saturated carbocycles. The first-order valence-electron chi connectivity index (χ1n) is 8.21. The second kappa shape index (κ2) is 8.33. The molecule has 8 heteroatoms. The highest BCUT2D eigenvalue weighted by atomic mass is 16.3. The van der Waals surface area contributed by atoms with E-state index in [1.807, 2.05) is 54.7 Å². The van der Waals surface area contributed by atoms with Crippen LogP contribution in [0.15, 0.2) is 60.9 Å². The first-order chi connectivity index (χ1) is 13.7. The van der Waals surface area contributed by atoms with Gasteiger partial charge in [-0.05, 0) is 18.2 Å². The quantitative estimate of drug-likeness (QED) is 0.406. The molecule has 0 bridgehead atoms. The summed E-state index contributed by atoms with van der Waals surface area (Å²) in [7, 11) is 0. The number of nitrogen functional groups attached to an aromatic ring is 1. The number of nitrogens with two attached hydrogens (primary N) is 1. The number of carbonyl (C=O) groups is 1. The van der Waals surface area contributed by atoms with E-state index in [9.17, 15) is 5.26 Å². The number of carboxylic acid groups (broad SMARTS) is 1. The Kier molecular flexibility index (Phi) is 5.48. The molecule has 8 nitrogen and oxygen atoms in total. The van der Waals surface area contributed by atoms with Crippen molar-refractivity contribution < 1.29 is 9.90 Å². The number of rotatable bonds is 3. The number of aromatic amines is 2. The Labute approximate surface area is 160 Å². The summed E-state index contributed by atoms with van der Waals surface area (Å²) in [5.41, 5.74) is 11.2. The fourth-order valence-corrected chi connectivity index (χ4v) is 2.84. The van der Waals surface area contributed by atoms with Crippen LogP contribution < -0.4 is 5.73 Å². The van der Waals surface area contributed by atoms with E-state index < -0.39 is 0 Å². The van der Waals surface area contributed by atoms with Gasteiger partial charge in [0.15, 0.2) is 0 Å². The van der Waals surface area contributed by atoms with Gasteiger partial charge < -0.3 is 15.8 Å². The highest BCUT2D eigenvalue weighted by Gasteiger charge is 2.18. The highest BCUT2D eigenvalue weighted by molar-refractivity contribution is 5.87. The summed E-state index contributed by atoms with van der Waals surface area (Å²) in [5, 5.41) is 23.6. The van der Waals surface area contributed by atoms with Gasteiger partial charge in [-0.2, -0.15) is 10.4 Å². The van der Waals surface area contributed by atoms with E-state index in [0.29, 0.717) is 16.8 Å². The number of nitrogens with zero attached hydrogens (tertiary/aromatic N) is 3. The van der Waals surface area contributed by atoms with Crippen molar-refractivity contribution in [1.29, 1.82) is 5.26 Å². The second-order valence-electron chi connectivity index (χ2n) is 5.64. The van der Waals surface area contributed by atoms with Crippen LogP contribution in [0.25, 0.3) is 33.8 Å². The molecule has 0 radical (unpaired) electrons. The van der Waals surface area contributed by atoms with E-state index in [1.165, 1.54) is 0 Å². The van der Waals surface area contributed by atoms with Crippen molar-refractivity contribution in [2.45, 2.75) is 0 Å². The molecule has 0 saturated heterocycles. The molecule has 138 valence electrons. The molecule has 0 aliphatic heterocycles. The summed E-state index contributed by atoms with van der Waals surface area (Å²) in [6, 6.07) is 17.7. The second-order valence-corrected chi connectivity index (χ2v) is 5.64. The average Bonchev–Trinajstić information content (AvgIpc) is 3.41. The van der Waals surface area contributed by atoms with Gasteiger partial charge in [0.2, 0.25) is 0 Å². The van der Waals surface area contributed by atoms with Gasteiger partial charge in [0.1, 0.15) is 17.5 Å². The standard InChI is InChI=1S/C19H14N6.CH2O2/c20-10-14-13(9-17(24-19(14)21)16-7-4-8-22-16)15-11-23-25-18(15)12-5-2-1-3-6-12;2-1-3/h1-9,11,22H,(H2,21,24)(H,23,25);1H,(H,2,3). The maximum absolute atomic E-state index is 9.57. The van der Waals surface area contributed by atoms with E-state index in [2.05, 4.69) is 26.2 Å². The Morgan fingerprint density at radius 3 is 2.54 bits per heavy atom.